The number of esters is 3. The number of carbonyl (C=O) groups is 3. The molecule has 0 fully saturated rings. The molecule has 0 heterocycles. The van der Waals surface area contributed by atoms with Crippen LogP contribution in [0.3, 0.4) is 0 Å². The Morgan fingerprint density at radius 2 is 0.487 bits per heavy atom. The highest BCUT2D eigenvalue weighted by atomic mass is 16.6. The van der Waals surface area contributed by atoms with E-state index in [1.165, 1.54) is 263 Å². The van der Waals surface area contributed by atoms with Gasteiger partial charge in [0.25, 0.3) is 0 Å². The maximum atomic E-state index is 12.9. The summed E-state index contributed by atoms with van der Waals surface area (Å²) >= 11 is 0. The van der Waals surface area contributed by atoms with Gasteiger partial charge in [-0.25, -0.2) is 0 Å². The van der Waals surface area contributed by atoms with Crippen molar-refractivity contribution in [3.63, 3.8) is 0 Å². The minimum absolute atomic E-state index is 0.0990. The molecular formula is C74H134O6. The summed E-state index contributed by atoms with van der Waals surface area (Å²) in [5.74, 6) is -1.01. The maximum absolute atomic E-state index is 12.9. The predicted octanol–water partition coefficient (Wildman–Crippen LogP) is 24.3. The Morgan fingerprint density at radius 1 is 0.263 bits per heavy atom. The Labute approximate surface area is 498 Å². The molecule has 6 nitrogen and oxygen atoms in total. The molecule has 0 N–H and O–H groups in total. The third-order valence-electron chi connectivity index (χ3n) is 15.8. The zero-order valence-corrected chi connectivity index (χ0v) is 53.6. The molecule has 0 aliphatic heterocycles. The van der Waals surface area contributed by atoms with Crippen LogP contribution in [0.15, 0.2) is 60.8 Å². The third kappa shape index (κ3) is 65.9. The van der Waals surface area contributed by atoms with Gasteiger partial charge in [-0.15, -0.1) is 0 Å². The molecule has 0 bridgehead atoms. The zero-order valence-electron chi connectivity index (χ0n) is 53.6. The van der Waals surface area contributed by atoms with E-state index in [-0.39, 0.29) is 31.6 Å². The van der Waals surface area contributed by atoms with Crippen molar-refractivity contribution in [2.24, 2.45) is 0 Å². The molecule has 0 spiro atoms. The Morgan fingerprint density at radius 3 is 0.762 bits per heavy atom. The fourth-order valence-electron chi connectivity index (χ4n) is 10.6. The van der Waals surface area contributed by atoms with E-state index in [2.05, 4.69) is 69.4 Å². The highest BCUT2D eigenvalue weighted by molar-refractivity contribution is 5.72. The second-order valence-electron chi connectivity index (χ2n) is 23.8. The van der Waals surface area contributed by atoms with E-state index in [1.54, 1.807) is 0 Å². The molecule has 6 heteroatoms. The first-order valence-electron chi connectivity index (χ1n) is 35.3. The molecule has 0 aliphatic rings. The van der Waals surface area contributed by atoms with Crippen molar-refractivity contribution in [1.29, 1.82) is 0 Å². The van der Waals surface area contributed by atoms with Crippen LogP contribution in [0.2, 0.25) is 0 Å². The molecule has 0 aromatic carbocycles. The average molecular weight is 1120 g/mol. The van der Waals surface area contributed by atoms with Crippen LogP contribution < -0.4 is 0 Å². The normalized spacial score (nSPS) is 12.4. The summed E-state index contributed by atoms with van der Waals surface area (Å²) in [6, 6.07) is 0. The van der Waals surface area contributed by atoms with Crippen molar-refractivity contribution in [2.75, 3.05) is 13.2 Å². The van der Waals surface area contributed by atoms with Crippen LogP contribution in [-0.2, 0) is 28.6 Å². The Bertz CT molecular complexity index is 1430. The van der Waals surface area contributed by atoms with Crippen LogP contribution in [-0.4, -0.2) is 37.2 Å². The third-order valence-corrected chi connectivity index (χ3v) is 15.8. The van der Waals surface area contributed by atoms with Crippen LogP contribution in [0.25, 0.3) is 0 Å². The van der Waals surface area contributed by atoms with Crippen LogP contribution >= 0.6 is 0 Å². The number of ether oxygens (including phenoxy) is 3. The van der Waals surface area contributed by atoms with Crippen molar-refractivity contribution in [3.05, 3.63) is 60.8 Å². The summed E-state index contributed by atoms with van der Waals surface area (Å²) in [7, 11) is 0. The maximum Gasteiger partial charge on any atom is 0.309 e. The SMILES string of the molecule is CC/C=C\C/C=C\C/C=C\C/C=C\C/C=C\CC(=O)OCC(COC(=O)CCCCCCCCCCCCCCCCCCCCCCCCCCCCCCCC)OC(=O)CCCCCCCCCCCCCCCCCCC. The number of hydrogen-bond donors (Lipinski definition) is 0. The molecule has 1 unspecified atom stereocenters. The number of hydrogen-bond acceptors (Lipinski definition) is 6. The van der Waals surface area contributed by atoms with Crippen LogP contribution in [0.4, 0.5) is 0 Å². The molecular weight excluding hydrogens is 985 g/mol. The van der Waals surface area contributed by atoms with Gasteiger partial charge >= 0.3 is 17.9 Å². The van der Waals surface area contributed by atoms with Gasteiger partial charge in [-0.2, -0.15) is 0 Å². The first kappa shape index (κ1) is 77.1. The highest BCUT2D eigenvalue weighted by Crippen LogP contribution is 2.19. The molecule has 0 rings (SSSR count). The summed E-state index contributed by atoms with van der Waals surface area (Å²) in [5.41, 5.74) is 0. The standard InChI is InChI=1S/C74H134O6/c1-4-7-10-13-16-19-22-25-28-30-31-32-33-34-35-36-37-38-39-40-41-42-44-46-49-52-55-58-61-64-67-73(76)79-70-71(69-78-72(75)66-63-60-57-54-51-48-45-27-24-21-18-15-12-9-6-3)80-74(77)68-65-62-59-56-53-50-47-43-29-26-23-20-17-14-11-8-5-2/h9,12,18,21,27,45,51,54,60,63,71H,4-8,10-11,13-17,19-20,22-26,28-44,46-50,52-53,55-59,61-62,64-70H2,1-3H3/b12-9-,21-18-,45-27-,54-51-,63-60-. The van der Waals surface area contributed by atoms with Gasteiger partial charge in [-0.05, 0) is 44.9 Å². The van der Waals surface area contributed by atoms with Crippen molar-refractivity contribution >= 4 is 17.9 Å². The van der Waals surface area contributed by atoms with Gasteiger partial charge in [0.2, 0.25) is 0 Å². The van der Waals surface area contributed by atoms with Crippen molar-refractivity contribution in [2.45, 2.75) is 380 Å². The van der Waals surface area contributed by atoms with Gasteiger partial charge in [-0.1, -0.05) is 370 Å². The van der Waals surface area contributed by atoms with Gasteiger partial charge in [0.05, 0.1) is 6.42 Å². The lowest BCUT2D eigenvalue weighted by Gasteiger charge is -2.18. The molecule has 1 atom stereocenters. The summed E-state index contributed by atoms with van der Waals surface area (Å²) in [6.07, 6.45) is 88.7. The molecule has 466 valence electrons. The van der Waals surface area contributed by atoms with Crippen molar-refractivity contribution in [1.82, 2.24) is 0 Å². The molecule has 0 amide bonds. The lowest BCUT2D eigenvalue weighted by Crippen LogP contribution is -2.30. The van der Waals surface area contributed by atoms with E-state index in [4.69, 9.17) is 14.2 Å². The molecule has 0 aliphatic carbocycles. The lowest BCUT2D eigenvalue weighted by molar-refractivity contribution is -0.166. The number of carbonyl (C=O) groups excluding carboxylic acids is 3. The van der Waals surface area contributed by atoms with E-state index in [0.29, 0.717) is 12.8 Å². The number of rotatable bonds is 65. The monoisotopic (exact) mass is 1120 g/mol. The molecule has 0 aromatic rings. The highest BCUT2D eigenvalue weighted by Gasteiger charge is 2.19. The molecule has 0 saturated carbocycles. The van der Waals surface area contributed by atoms with E-state index in [0.717, 1.165) is 70.6 Å². The number of allylic oxidation sites excluding steroid dienone is 9. The second kappa shape index (κ2) is 68.6. The molecule has 0 radical (unpaired) electrons. The Hall–Kier alpha value is -2.89. The van der Waals surface area contributed by atoms with E-state index < -0.39 is 12.1 Å². The minimum Gasteiger partial charge on any atom is -0.462 e. The topological polar surface area (TPSA) is 78.9 Å². The van der Waals surface area contributed by atoms with Crippen molar-refractivity contribution in [3.8, 4) is 0 Å². The number of unbranched alkanes of at least 4 members (excludes halogenated alkanes) is 45. The van der Waals surface area contributed by atoms with Gasteiger partial charge < -0.3 is 14.2 Å². The minimum atomic E-state index is -0.812. The van der Waals surface area contributed by atoms with Crippen LogP contribution in [0, 0.1) is 0 Å². The van der Waals surface area contributed by atoms with E-state index in [9.17, 15) is 14.4 Å². The summed E-state index contributed by atoms with van der Waals surface area (Å²) < 4.78 is 16.9. The first-order chi connectivity index (χ1) is 39.5. The molecule has 0 aromatic heterocycles. The fraction of sp³-hybridized carbons (Fsp3) is 0.824. The van der Waals surface area contributed by atoms with E-state index in [1.807, 2.05) is 12.2 Å². The van der Waals surface area contributed by atoms with Crippen molar-refractivity contribution < 1.29 is 28.6 Å². The smallest absolute Gasteiger partial charge is 0.309 e. The average Bonchev–Trinajstić information content (AvgIpc) is 3.46. The van der Waals surface area contributed by atoms with Gasteiger partial charge in [-0.3, -0.25) is 14.4 Å². The molecule has 80 heavy (non-hydrogen) atoms. The summed E-state index contributed by atoms with van der Waals surface area (Å²) in [6.45, 7) is 6.51. The van der Waals surface area contributed by atoms with Crippen LogP contribution in [0.1, 0.15) is 374 Å². The fourth-order valence-corrected chi connectivity index (χ4v) is 10.6. The first-order valence-corrected chi connectivity index (χ1v) is 35.3. The van der Waals surface area contributed by atoms with Crippen LogP contribution in [0.5, 0.6) is 0 Å². The summed E-state index contributed by atoms with van der Waals surface area (Å²) in [5, 5.41) is 0. The largest absolute Gasteiger partial charge is 0.462 e. The second-order valence-corrected chi connectivity index (χ2v) is 23.8. The summed E-state index contributed by atoms with van der Waals surface area (Å²) in [4.78, 5) is 38.3. The van der Waals surface area contributed by atoms with Gasteiger partial charge in [0, 0.05) is 12.8 Å². The lowest BCUT2D eigenvalue weighted by atomic mass is 10.0. The van der Waals surface area contributed by atoms with E-state index >= 15 is 0 Å². The molecule has 0 saturated heterocycles. The predicted molar refractivity (Wildman–Crippen MR) is 348 cm³/mol. The van der Waals surface area contributed by atoms with Gasteiger partial charge in [0.1, 0.15) is 13.2 Å². The zero-order chi connectivity index (χ0) is 57.8. The Balaban J connectivity index is 4.23. The quantitative estimate of drug-likeness (QED) is 0.0261. The Kier molecular flexibility index (Phi) is 66.1. The van der Waals surface area contributed by atoms with Gasteiger partial charge in [0.15, 0.2) is 6.10 Å².